The summed E-state index contributed by atoms with van der Waals surface area (Å²) in [5, 5.41) is 0. The van der Waals surface area contributed by atoms with Crippen molar-refractivity contribution in [1.29, 1.82) is 0 Å². The van der Waals surface area contributed by atoms with Crippen molar-refractivity contribution in [2.45, 2.75) is 40.0 Å². The molecule has 78 valence electrons. The van der Waals surface area contributed by atoms with Crippen molar-refractivity contribution < 1.29 is 0 Å². The van der Waals surface area contributed by atoms with Crippen LogP contribution >= 0.6 is 0 Å². The molecule has 1 aromatic rings. The van der Waals surface area contributed by atoms with Crippen LogP contribution in [0.2, 0.25) is 0 Å². The van der Waals surface area contributed by atoms with Gasteiger partial charge in [0, 0.05) is 0 Å². The van der Waals surface area contributed by atoms with Crippen LogP contribution in [0, 0.1) is 18.8 Å². The average Bonchev–Trinajstić information content (AvgIpc) is 2.02. The smallest absolute Gasteiger partial charge is 0.0391 e. The van der Waals surface area contributed by atoms with Crippen molar-refractivity contribution in [2.75, 3.05) is 0 Å². The highest BCUT2D eigenvalue weighted by atomic mass is 14.3. The van der Waals surface area contributed by atoms with Gasteiger partial charge in [-0.3, -0.25) is 0 Å². The third-order valence-corrected chi connectivity index (χ3v) is 3.03. The molecule has 0 heterocycles. The maximum Gasteiger partial charge on any atom is -0.0391 e. The second-order valence-corrected chi connectivity index (χ2v) is 4.59. The third-order valence-electron chi connectivity index (χ3n) is 3.03. The molecular weight excluding hydrogens is 168 g/mol. The first-order valence-corrected chi connectivity index (χ1v) is 5.72. The predicted molar refractivity (Wildman–Crippen MR) is 63.4 cm³/mol. The zero-order valence-corrected chi connectivity index (χ0v) is 9.66. The Morgan fingerprint density at radius 2 is 1.64 bits per heavy atom. The van der Waals surface area contributed by atoms with Crippen LogP contribution in [0.1, 0.15) is 38.7 Å². The largest absolute Gasteiger partial charge is 0.0625 e. The molecule has 0 unspecified atom stereocenters. The van der Waals surface area contributed by atoms with Crippen LogP contribution in [-0.4, -0.2) is 0 Å². The molecule has 14 heavy (non-hydrogen) atoms. The van der Waals surface area contributed by atoms with Gasteiger partial charge >= 0.3 is 0 Å². The van der Waals surface area contributed by atoms with Gasteiger partial charge in [-0.25, -0.2) is 0 Å². The third kappa shape index (κ3) is 3.95. The average molecular weight is 190 g/mol. The Morgan fingerprint density at radius 1 is 1.07 bits per heavy atom. The summed E-state index contributed by atoms with van der Waals surface area (Å²) in [4.78, 5) is 0. The monoisotopic (exact) mass is 190 g/mol. The number of aryl methyl sites for hydroxylation is 1. The molecule has 1 aliphatic carbocycles. The molecule has 0 aromatic heterocycles. The highest BCUT2D eigenvalue weighted by Crippen LogP contribution is 2.32. The fourth-order valence-electron chi connectivity index (χ4n) is 1.64. The molecule has 0 aliphatic heterocycles. The zero-order chi connectivity index (χ0) is 10.4. The van der Waals surface area contributed by atoms with E-state index in [1.807, 2.05) is 18.2 Å². The van der Waals surface area contributed by atoms with Crippen LogP contribution in [0.3, 0.4) is 0 Å². The van der Waals surface area contributed by atoms with Gasteiger partial charge < -0.3 is 0 Å². The van der Waals surface area contributed by atoms with Crippen molar-refractivity contribution in [3.63, 3.8) is 0 Å². The van der Waals surface area contributed by atoms with E-state index in [9.17, 15) is 0 Å². The molecule has 1 saturated carbocycles. The fraction of sp³-hybridized carbons (Fsp3) is 0.571. The quantitative estimate of drug-likeness (QED) is 0.614. The van der Waals surface area contributed by atoms with E-state index in [0.29, 0.717) is 0 Å². The van der Waals surface area contributed by atoms with Gasteiger partial charge in [0.1, 0.15) is 0 Å². The molecule has 1 aliphatic rings. The van der Waals surface area contributed by atoms with Crippen molar-refractivity contribution in [3.05, 3.63) is 35.9 Å². The summed E-state index contributed by atoms with van der Waals surface area (Å²) in [6, 6.07) is 10.3. The van der Waals surface area contributed by atoms with E-state index >= 15 is 0 Å². The van der Waals surface area contributed by atoms with Crippen molar-refractivity contribution in [1.82, 2.24) is 0 Å². The molecule has 0 atom stereocenters. The second kappa shape index (κ2) is 5.85. The Balaban J connectivity index is 0.000000140. The lowest BCUT2D eigenvalue weighted by Crippen LogP contribution is -2.16. The number of benzene rings is 1. The van der Waals surface area contributed by atoms with Crippen LogP contribution < -0.4 is 0 Å². The molecule has 2 rings (SSSR count). The van der Waals surface area contributed by atoms with Crippen LogP contribution in [-0.2, 0) is 0 Å². The molecule has 0 nitrogen and oxygen atoms in total. The summed E-state index contributed by atoms with van der Waals surface area (Å²) in [6.07, 6.45) is 4.48. The molecule has 0 N–H and O–H groups in total. The lowest BCUT2D eigenvalue weighted by atomic mass is 9.78. The maximum atomic E-state index is 2.32. The van der Waals surface area contributed by atoms with Gasteiger partial charge in [0.05, 0.1) is 0 Å². The highest BCUT2D eigenvalue weighted by molar-refractivity contribution is 5.11. The van der Waals surface area contributed by atoms with Crippen molar-refractivity contribution >= 4 is 0 Å². The van der Waals surface area contributed by atoms with E-state index in [0.717, 1.165) is 11.8 Å². The van der Waals surface area contributed by atoms with Gasteiger partial charge in [-0.05, 0) is 18.8 Å². The van der Waals surface area contributed by atoms with Crippen LogP contribution in [0.5, 0.6) is 0 Å². The summed E-state index contributed by atoms with van der Waals surface area (Å²) >= 11 is 0. The first-order chi connectivity index (χ1) is 6.70. The molecule has 0 amide bonds. The molecule has 0 radical (unpaired) electrons. The summed E-state index contributed by atoms with van der Waals surface area (Å²) in [6.45, 7) is 6.73. The Bertz CT molecular complexity index is 231. The van der Waals surface area contributed by atoms with E-state index in [2.05, 4.69) is 32.9 Å². The standard InChI is InChI=1S/C7H14.C7H8/c1-6(2)7-4-3-5-7;1-7-5-3-2-4-6-7/h6-7H,3-5H2,1-2H3;2-6H,1H3. The van der Waals surface area contributed by atoms with Crippen LogP contribution in [0.4, 0.5) is 0 Å². The molecule has 0 spiro atoms. The number of rotatable bonds is 1. The highest BCUT2D eigenvalue weighted by Gasteiger charge is 2.19. The number of hydrogen-bond donors (Lipinski definition) is 0. The molecule has 0 heteroatoms. The summed E-state index contributed by atoms with van der Waals surface area (Å²) in [7, 11) is 0. The van der Waals surface area contributed by atoms with E-state index in [4.69, 9.17) is 0 Å². The number of hydrogen-bond acceptors (Lipinski definition) is 0. The van der Waals surface area contributed by atoms with Crippen LogP contribution in [0.25, 0.3) is 0 Å². The fourth-order valence-corrected chi connectivity index (χ4v) is 1.64. The van der Waals surface area contributed by atoms with E-state index in [-0.39, 0.29) is 0 Å². The summed E-state index contributed by atoms with van der Waals surface area (Å²) in [5.74, 6) is 2.04. The van der Waals surface area contributed by atoms with E-state index in [1.165, 1.54) is 24.8 Å². The predicted octanol–water partition coefficient (Wildman–Crippen LogP) is 4.44. The summed E-state index contributed by atoms with van der Waals surface area (Å²) < 4.78 is 0. The van der Waals surface area contributed by atoms with Gasteiger partial charge in [0.25, 0.3) is 0 Å². The zero-order valence-electron chi connectivity index (χ0n) is 9.66. The Kier molecular flexibility index (Phi) is 4.72. The van der Waals surface area contributed by atoms with Gasteiger partial charge in [-0.2, -0.15) is 0 Å². The van der Waals surface area contributed by atoms with Gasteiger partial charge in [-0.1, -0.05) is 69.0 Å². The van der Waals surface area contributed by atoms with Gasteiger partial charge in [0.15, 0.2) is 0 Å². The minimum absolute atomic E-state index is 0.953. The minimum Gasteiger partial charge on any atom is -0.0625 e. The van der Waals surface area contributed by atoms with Gasteiger partial charge in [0.2, 0.25) is 0 Å². The lowest BCUT2D eigenvalue weighted by Gasteiger charge is -2.28. The Morgan fingerprint density at radius 3 is 1.79 bits per heavy atom. The van der Waals surface area contributed by atoms with Crippen LogP contribution in [0.15, 0.2) is 30.3 Å². The summed E-state index contributed by atoms with van der Waals surface area (Å²) in [5.41, 5.74) is 1.32. The van der Waals surface area contributed by atoms with Crippen molar-refractivity contribution in [2.24, 2.45) is 11.8 Å². The van der Waals surface area contributed by atoms with E-state index in [1.54, 1.807) is 0 Å². The molecule has 1 aromatic carbocycles. The first kappa shape index (κ1) is 11.3. The Hall–Kier alpha value is -0.780. The van der Waals surface area contributed by atoms with Gasteiger partial charge in [-0.15, -0.1) is 0 Å². The Labute approximate surface area is 88.4 Å². The molecule has 0 bridgehead atoms. The maximum absolute atomic E-state index is 2.32. The SMILES string of the molecule is CC(C)C1CCC1.Cc1ccccc1. The first-order valence-electron chi connectivity index (χ1n) is 5.72. The second-order valence-electron chi connectivity index (χ2n) is 4.59. The normalized spacial score (nSPS) is 15.7. The topological polar surface area (TPSA) is 0 Å². The minimum atomic E-state index is 0.953. The lowest BCUT2D eigenvalue weighted by molar-refractivity contribution is 0.235. The molecular formula is C14H22. The molecule has 1 fully saturated rings. The molecule has 0 saturated heterocycles. The van der Waals surface area contributed by atoms with E-state index < -0.39 is 0 Å². The van der Waals surface area contributed by atoms with Crippen molar-refractivity contribution in [3.8, 4) is 0 Å².